The molecule has 0 saturated carbocycles. The van der Waals surface area contributed by atoms with Crippen molar-refractivity contribution >= 4 is 22.8 Å². The fourth-order valence-electron chi connectivity index (χ4n) is 2.74. The van der Waals surface area contributed by atoms with Crippen LogP contribution in [0, 0.1) is 13.8 Å². The van der Waals surface area contributed by atoms with Gasteiger partial charge in [0, 0.05) is 23.2 Å². The standard InChI is InChI=1S/C19H18N2O3/c1-4-21-13(3)15(12(2)20-21)9-10-17(22)16-11-14-7-5-6-8-18(14)24-19(16)23/h5-11H,4H2,1-3H3/b10-9+. The summed E-state index contributed by atoms with van der Waals surface area (Å²) >= 11 is 0. The van der Waals surface area contributed by atoms with Crippen molar-refractivity contribution in [2.45, 2.75) is 27.3 Å². The summed E-state index contributed by atoms with van der Waals surface area (Å²) in [5.74, 6) is -0.377. The number of aromatic nitrogens is 2. The Bertz CT molecular complexity index is 1010. The summed E-state index contributed by atoms with van der Waals surface area (Å²) in [6.07, 6.45) is 3.11. The number of benzene rings is 1. The molecule has 0 atom stereocenters. The molecule has 0 N–H and O–H groups in total. The van der Waals surface area contributed by atoms with Crippen LogP contribution in [0.5, 0.6) is 0 Å². The van der Waals surface area contributed by atoms with Crippen LogP contribution < -0.4 is 5.63 Å². The summed E-state index contributed by atoms with van der Waals surface area (Å²) in [6, 6.07) is 8.69. The number of fused-ring (bicyclic) bond motifs is 1. The van der Waals surface area contributed by atoms with Crippen LogP contribution in [-0.4, -0.2) is 15.6 Å². The SMILES string of the molecule is CCn1nc(C)c(/C=C/C(=O)c2cc3ccccc3oc2=O)c1C. The molecule has 2 aromatic heterocycles. The highest BCUT2D eigenvalue weighted by Gasteiger charge is 2.12. The first-order valence-corrected chi connectivity index (χ1v) is 7.80. The van der Waals surface area contributed by atoms with Crippen molar-refractivity contribution in [2.24, 2.45) is 0 Å². The molecule has 3 aromatic rings. The molecule has 0 aliphatic rings. The van der Waals surface area contributed by atoms with Crippen LogP contribution in [0.3, 0.4) is 0 Å². The van der Waals surface area contributed by atoms with Crippen LogP contribution in [0.4, 0.5) is 0 Å². The fourth-order valence-corrected chi connectivity index (χ4v) is 2.74. The lowest BCUT2D eigenvalue weighted by molar-refractivity contribution is 0.104. The minimum atomic E-state index is -0.624. The molecule has 5 heteroatoms. The third kappa shape index (κ3) is 2.80. The third-order valence-corrected chi connectivity index (χ3v) is 4.05. The number of carbonyl (C=O) groups excluding carboxylic acids is 1. The smallest absolute Gasteiger partial charge is 0.347 e. The number of para-hydroxylation sites is 1. The Labute approximate surface area is 139 Å². The summed E-state index contributed by atoms with van der Waals surface area (Å²) in [7, 11) is 0. The molecule has 0 bridgehead atoms. The van der Waals surface area contributed by atoms with E-state index in [1.165, 1.54) is 6.08 Å². The zero-order chi connectivity index (χ0) is 17.3. The molecular formula is C19H18N2O3. The van der Waals surface area contributed by atoms with Crippen LogP contribution in [0.25, 0.3) is 17.0 Å². The average Bonchev–Trinajstić information content (AvgIpc) is 2.85. The molecule has 0 saturated heterocycles. The highest BCUT2D eigenvalue weighted by Crippen LogP contribution is 2.16. The summed E-state index contributed by atoms with van der Waals surface area (Å²) in [4.78, 5) is 24.4. The molecule has 0 spiro atoms. The van der Waals surface area contributed by atoms with E-state index in [0.717, 1.165) is 28.9 Å². The highest BCUT2D eigenvalue weighted by molar-refractivity contribution is 6.07. The van der Waals surface area contributed by atoms with Gasteiger partial charge in [0.15, 0.2) is 5.78 Å². The van der Waals surface area contributed by atoms with Gasteiger partial charge in [0.2, 0.25) is 0 Å². The Kier molecular flexibility index (Phi) is 4.16. The predicted molar refractivity (Wildman–Crippen MR) is 93.2 cm³/mol. The van der Waals surface area contributed by atoms with E-state index in [9.17, 15) is 9.59 Å². The number of hydrogen-bond acceptors (Lipinski definition) is 4. The lowest BCUT2D eigenvalue weighted by atomic mass is 10.1. The van der Waals surface area contributed by atoms with Crippen LogP contribution in [-0.2, 0) is 6.54 Å². The monoisotopic (exact) mass is 322 g/mol. The van der Waals surface area contributed by atoms with Crippen molar-refractivity contribution in [3.05, 3.63) is 69.3 Å². The van der Waals surface area contributed by atoms with Crippen LogP contribution >= 0.6 is 0 Å². The van der Waals surface area contributed by atoms with Crippen LogP contribution in [0.2, 0.25) is 0 Å². The molecule has 24 heavy (non-hydrogen) atoms. The second-order valence-electron chi connectivity index (χ2n) is 5.58. The molecule has 122 valence electrons. The number of allylic oxidation sites excluding steroid dienone is 1. The fraction of sp³-hybridized carbons (Fsp3) is 0.211. The molecule has 0 radical (unpaired) electrons. The first-order chi connectivity index (χ1) is 11.5. The van der Waals surface area contributed by atoms with Gasteiger partial charge in [0.25, 0.3) is 0 Å². The third-order valence-electron chi connectivity index (χ3n) is 4.05. The van der Waals surface area contributed by atoms with Gasteiger partial charge in [-0.25, -0.2) is 4.79 Å². The largest absolute Gasteiger partial charge is 0.422 e. The Hall–Kier alpha value is -2.95. The number of carbonyl (C=O) groups is 1. The molecule has 1 aromatic carbocycles. The first-order valence-electron chi connectivity index (χ1n) is 7.80. The van der Waals surface area contributed by atoms with Gasteiger partial charge in [0.1, 0.15) is 11.1 Å². The zero-order valence-corrected chi connectivity index (χ0v) is 13.9. The van der Waals surface area contributed by atoms with Crippen LogP contribution in [0.15, 0.2) is 45.6 Å². The minimum Gasteiger partial charge on any atom is -0.422 e. The molecule has 0 amide bonds. The van der Waals surface area contributed by atoms with Gasteiger partial charge in [-0.05, 0) is 45.1 Å². The molecule has 0 unspecified atom stereocenters. The van der Waals surface area contributed by atoms with E-state index < -0.39 is 5.63 Å². The van der Waals surface area contributed by atoms with E-state index in [-0.39, 0.29) is 11.3 Å². The van der Waals surface area contributed by atoms with E-state index in [1.807, 2.05) is 31.5 Å². The zero-order valence-electron chi connectivity index (χ0n) is 13.9. The van der Waals surface area contributed by atoms with Gasteiger partial charge < -0.3 is 4.42 Å². The topological polar surface area (TPSA) is 65.1 Å². The van der Waals surface area contributed by atoms with Crippen LogP contribution in [0.1, 0.15) is 34.2 Å². The Balaban J connectivity index is 1.97. The maximum absolute atomic E-state index is 12.4. The van der Waals surface area contributed by atoms with Gasteiger partial charge in [0.05, 0.1) is 5.69 Å². The molecule has 0 fully saturated rings. The first kappa shape index (κ1) is 15.9. The summed E-state index contributed by atoms with van der Waals surface area (Å²) < 4.78 is 7.09. The summed E-state index contributed by atoms with van der Waals surface area (Å²) in [5, 5.41) is 5.13. The second-order valence-corrected chi connectivity index (χ2v) is 5.58. The summed E-state index contributed by atoms with van der Waals surface area (Å²) in [6.45, 7) is 6.63. The van der Waals surface area contributed by atoms with Crippen molar-refractivity contribution in [1.82, 2.24) is 9.78 Å². The molecule has 0 aliphatic heterocycles. The number of rotatable bonds is 4. The lowest BCUT2D eigenvalue weighted by Gasteiger charge is -1.99. The summed E-state index contributed by atoms with van der Waals surface area (Å²) in [5.41, 5.74) is 2.62. The number of hydrogen-bond donors (Lipinski definition) is 0. The Morgan fingerprint density at radius 3 is 2.75 bits per heavy atom. The van der Waals surface area contributed by atoms with Gasteiger partial charge in [-0.2, -0.15) is 5.10 Å². The molecule has 2 heterocycles. The predicted octanol–water partition coefficient (Wildman–Crippen LogP) is 3.52. The average molecular weight is 322 g/mol. The maximum atomic E-state index is 12.4. The molecule has 5 nitrogen and oxygen atoms in total. The van der Waals surface area contributed by atoms with Gasteiger partial charge in [-0.3, -0.25) is 9.48 Å². The number of aryl methyl sites for hydroxylation is 2. The van der Waals surface area contributed by atoms with E-state index in [2.05, 4.69) is 5.10 Å². The molecular weight excluding hydrogens is 304 g/mol. The van der Waals surface area contributed by atoms with E-state index in [4.69, 9.17) is 4.42 Å². The normalized spacial score (nSPS) is 11.5. The van der Waals surface area contributed by atoms with E-state index in [1.54, 1.807) is 30.3 Å². The van der Waals surface area contributed by atoms with E-state index >= 15 is 0 Å². The number of nitrogens with zero attached hydrogens (tertiary/aromatic N) is 2. The minimum absolute atomic E-state index is 0.0307. The molecule has 0 aliphatic carbocycles. The Morgan fingerprint density at radius 1 is 1.29 bits per heavy atom. The highest BCUT2D eigenvalue weighted by atomic mass is 16.4. The van der Waals surface area contributed by atoms with Gasteiger partial charge in [-0.1, -0.05) is 18.2 Å². The van der Waals surface area contributed by atoms with Crippen molar-refractivity contribution in [3.8, 4) is 0 Å². The maximum Gasteiger partial charge on any atom is 0.347 e. The lowest BCUT2D eigenvalue weighted by Crippen LogP contribution is -2.11. The van der Waals surface area contributed by atoms with Crippen molar-refractivity contribution in [2.75, 3.05) is 0 Å². The van der Waals surface area contributed by atoms with Crippen molar-refractivity contribution in [1.29, 1.82) is 0 Å². The number of ketones is 1. The van der Waals surface area contributed by atoms with Crippen molar-refractivity contribution in [3.63, 3.8) is 0 Å². The van der Waals surface area contributed by atoms with Gasteiger partial charge >= 0.3 is 5.63 Å². The Morgan fingerprint density at radius 2 is 2.04 bits per heavy atom. The second kappa shape index (κ2) is 6.28. The van der Waals surface area contributed by atoms with E-state index in [0.29, 0.717) is 5.58 Å². The molecule has 3 rings (SSSR count). The van der Waals surface area contributed by atoms with Gasteiger partial charge in [-0.15, -0.1) is 0 Å². The van der Waals surface area contributed by atoms with Crippen molar-refractivity contribution < 1.29 is 9.21 Å². The quantitative estimate of drug-likeness (QED) is 0.419.